The van der Waals surface area contributed by atoms with Gasteiger partial charge in [0, 0.05) is 24.2 Å². The van der Waals surface area contributed by atoms with Crippen LogP contribution in [-0.2, 0) is 7.05 Å². The summed E-state index contributed by atoms with van der Waals surface area (Å²) in [6.07, 6.45) is 0. The van der Waals surface area contributed by atoms with Gasteiger partial charge in [-0.25, -0.2) is 0 Å². The molecule has 4 heteroatoms. The Morgan fingerprint density at radius 1 is 1.26 bits per heavy atom. The zero-order chi connectivity index (χ0) is 14.2. The normalized spacial score (nSPS) is 12.7. The topological polar surface area (TPSA) is 49.4 Å². The number of hydrogen-bond donors (Lipinski definition) is 1. The number of ether oxygens (including phenoxy) is 2. The van der Waals surface area contributed by atoms with Crippen LogP contribution in [0.5, 0.6) is 11.5 Å². The Morgan fingerprint density at radius 2 is 1.95 bits per heavy atom. The third-order valence-corrected chi connectivity index (χ3v) is 3.87. The van der Waals surface area contributed by atoms with Gasteiger partial charge in [-0.1, -0.05) is 6.92 Å². The first-order valence-corrected chi connectivity index (χ1v) is 6.46. The molecule has 0 amide bonds. The number of benzene rings is 1. The molecule has 0 aliphatic carbocycles. The highest BCUT2D eigenvalue weighted by Gasteiger charge is 2.20. The van der Waals surface area contributed by atoms with E-state index in [-0.39, 0.29) is 0 Å². The van der Waals surface area contributed by atoms with Crippen LogP contribution in [0.1, 0.15) is 24.1 Å². The van der Waals surface area contributed by atoms with Gasteiger partial charge in [-0.15, -0.1) is 0 Å². The molecular weight excluding hydrogens is 240 g/mol. The van der Waals surface area contributed by atoms with Crippen LogP contribution in [0.3, 0.4) is 0 Å². The van der Waals surface area contributed by atoms with E-state index in [0.29, 0.717) is 12.5 Å². The van der Waals surface area contributed by atoms with Crippen molar-refractivity contribution in [2.75, 3.05) is 20.8 Å². The molecule has 1 unspecified atom stereocenters. The fraction of sp³-hybridized carbons (Fsp3) is 0.467. The second-order valence-corrected chi connectivity index (χ2v) is 4.92. The Morgan fingerprint density at radius 3 is 2.47 bits per heavy atom. The number of aryl methyl sites for hydroxylation is 1. The maximum absolute atomic E-state index is 5.84. The lowest BCUT2D eigenvalue weighted by molar-refractivity contribution is 0.397. The van der Waals surface area contributed by atoms with Gasteiger partial charge in [0.2, 0.25) is 0 Å². The van der Waals surface area contributed by atoms with Crippen molar-refractivity contribution in [3.05, 3.63) is 23.4 Å². The van der Waals surface area contributed by atoms with Crippen molar-refractivity contribution in [2.24, 2.45) is 12.8 Å². The monoisotopic (exact) mass is 262 g/mol. The van der Waals surface area contributed by atoms with Gasteiger partial charge in [-0.3, -0.25) is 0 Å². The minimum Gasteiger partial charge on any atom is -0.497 e. The van der Waals surface area contributed by atoms with E-state index in [2.05, 4.69) is 31.5 Å². The van der Waals surface area contributed by atoms with Crippen molar-refractivity contribution in [2.45, 2.75) is 19.8 Å². The Labute approximate surface area is 114 Å². The van der Waals surface area contributed by atoms with Gasteiger partial charge >= 0.3 is 0 Å². The molecule has 1 atom stereocenters. The molecule has 0 aliphatic rings. The van der Waals surface area contributed by atoms with E-state index >= 15 is 0 Å². The van der Waals surface area contributed by atoms with E-state index in [1.54, 1.807) is 14.2 Å². The van der Waals surface area contributed by atoms with E-state index < -0.39 is 0 Å². The predicted octanol–water partition coefficient (Wildman–Crippen LogP) is 2.57. The first-order chi connectivity index (χ1) is 9.04. The number of nitrogens with two attached hydrogens (primary N) is 1. The van der Waals surface area contributed by atoms with Crippen LogP contribution in [0.15, 0.2) is 12.1 Å². The summed E-state index contributed by atoms with van der Waals surface area (Å²) in [5, 5.41) is 1.16. The van der Waals surface area contributed by atoms with Crippen molar-refractivity contribution in [3.63, 3.8) is 0 Å². The molecule has 1 heterocycles. The third kappa shape index (κ3) is 2.06. The van der Waals surface area contributed by atoms with Crippen molar-refractivity contribution in [1.82, 2.24) is 4.57 Å². The van der Waals surface area contributed by atoms with E-state index in [1.165, 1.54) is 11.3 Å². The molecule has 0 bridgehead atoms. The maximum Gasteiger partial charge on any atom is 0.146 e. The van der Waals surface area contributed by atoms with Gasteiger partial charge < -0.3 is 19.8 Å². The van der Waals surface area contributed by atoms with Gasteiger partial charge in [0.25, 0.3) is 0 Å². The molecule has 0 saturated heterocycles. The first-order valence-electron chi connectivity index (χ1n) is 6.46. The molecule has 19 heavy (non-hydrogen) atoms. The van der Waals surface area contributed by atoms with Gasteiger partial charge in [0.05, 0.1) is 19.7 Å². The Hall–Kier alpha value is -1.68. The molecule has 1 aromatic heterocycles. The molecule has 0 aliphatic heterocycles. The minimum absolute atomic E-state index is 0.306. The second-order valence-electron chi connectivity index (χ2n) is 4.92. The molecule has 0 spiro atoms. The second kappa shape index (κ2) is 5.13. The lowest BCUT2D eigenvalue weighted by Gasteiger charge is -2.10. The third-order valence-electron chi connectivity index (χ3n) is 3.87. The highest BCUT2D eigenvalue weighted by atomic mass is 16.5. The number of aromatic nitrogens is 1. The molecule has 1 aromatic carbocycles. The SMILES string of the molecule is COc1cc(OC)c2c(c1)c(C(C)CN)c(C)n2C. The average molecular weight is 262 g/mol. The summed E-state index contributed by atoms with van der Waals surface area (Å²) in [7, 11) is 5.41. The lowest BCUT2D eigenvalue weighted by atomic mass is 9.98. The number of nitrogens with zero attached hydrogens (tertiary/aromatic N) is 1. The maximum atomic E-state index is 5.84. The molecule has 4 nitrogen and oxygen atoms in total. The number of rotatable bonds is 4. The van der Waals surface area contributed by atoms with Gasteiger partial charge in [0.1, 0.15) is 11.5 Å². The van der Waals surface area contributed by atoms with Crippen LogP contribution in [0.2, 0.25) is 0 Å². The fourth-order valence-electron chi connectivity index (χ4n) is 2.69. The van der Waals surface area contributed by atoms with E-state index in [0.717, 1.165) is 22.4 Å². The summed E-state index contributed by atoms with van der Waals surface area (Å²) in [6, 6.07) is 3.98. The summed E-state index contributed by atoms with van der Waals surface area (Å²) in [6.45, 7) is 4.89. The van der Waals surface area contributed by atoms with Crippen molar-refractivity contribution in [3.8, 4) is 11.5 Å². The van der Waals surface area contributed by atoms with E-state index in [4.69, 9.17) is 15.2 Å². The standard InChI is InChI=1S/C15H22N2O2/c1-9(8-16)14-10(2)17(3)15-12(14)6-11(18-4)7-13(15)19-5/h6-7,9H,8,16H2,1-5H3. The molecule has 0 saturated carbocycles. The number of hydrogen-bond acceptors (Lipinski definition) is 3. The van der Waals surface area contributed by atoms with Crippen LogP contribution < -0.4 is 15.2 Å². The van der Waals surface area contributed by atoms with Crippen molar-refractivity contribution >= 4 is 10.9 Å². The fourth-order valence-corrected chi connectivity index (χ4v) is 2.69. The van der Waals surface area contributed by atoms with Crippen LogP contribution in [0, 0.1) is 6.92 Å². The summed E-state index contributed by atoms with van der Waals surface area (Å²) < 4.78 is 13.0. The highest BCUT2D eigenvalue weighted by molar-refractivity contribution is 5.92. The van der Waals surface area contributed by atoms with Gasteiger partial charge in [0.15, 0.2) is 0 Å². The Bertz CT molecular complexity index is 602. The molecule has 0 fully saturated rings. The predicted molar refractivity (Wildman–Crippen MR) is 78.2 cm³/mol. The van der Waals surface area contributed by atoms with Gasteiger partial charge in [-0.2, -0.15) is 0 Å². The molecule has 0 radical (unpaired) electrons. The summed E-state index contributed by atoms with van der Waals surface area (Å²) in [5.41, 5.74) is 9.43. The number of fused-ring (bicyclic) bond motifs is 1. The summed E-state index contributed by atoms with van der Waals surface area (Å²) >= 11 is 0. The van der Waals surface area contributed by atoms with Crippen LogP contribution in [0.4, 0.5) is 0 Å². The summed E-state index contributed by atoms with van der Waals surface area (Å²) in [4.78, 5) is 0. The summed E-state index contributed by atoms with van der Waals surface area (Å²) in [5.74, 6) is 1.94. The molecule has 104 valence electrons. The van der Waals surface area contributed by atoms with E-state index in [9.17, 15) is 0 Å². The first kappa shape index (κ1) is 13.7. The largest absolute Gasteiger partial charge is 0.497 e. The number of methoxy groups -OCH3 is 2. The van der Waals surface area contributed by atoms with Crippen LogP contribution in [0.25, 0.3) is 10.9 Å². The molecule has 2 rings (SSSR count). The zero-order valence-electron chi connectivity index (χ0n) is 12.3. The van der Waals surface area contributed by atoms with Crippen molar-refractivity contribution < 1.29 is 9.47 Å². The molecular formula is C15H22N2O2. The molecule has 2 aromatic rings. The lowest BCUT2D eigenvalue weighted by Crippen LogP contribution is -2.10. The van der Waals surface area contributed by atoms with Crippen LogP contribution >= 0.6 is 0 Å². The highest BCUT2D eigenvalue weighted by Crippen LogP contribution is 2.38. The zero-order valence-corrected chi connectivity index (χ0v) is 12.3. The average Bonchev–Trinajstić information content (AvgIpc) is 2.69. The van der Waals surface area contributed by atoms with E-state index in [1.807, 2.05) is 6.07 Å². The molecule has 2 N–H and O–H groups in total. The minimum atomic E-state index is 0.306. The van der Waals surface area contributed by atoms with Gasteiger partial charge in [-0.05, 0) is 31.0 Å². The Balaban J connectivity index is 2.86. The Kier molecular flexibility index (Phi) is 3.71. The van der Waals surface area contributed by atoms with Crippen molar-refractivity contribution in [1.29, 1.82) is 0 Å². The quantitative estimate of drug-likeness (QED) is 0.921. The smallest absolute Gasteiger partial charge is 0.146 e. The van der Waals surface area contributed by atoms with Crippen LogP contribution in [-0.4, -0.2) is 25.3 Å².